The van der Waals surface area contributed by atoms with Gasteiger partial charge in [0.15, 0.2) is 11.6 Å². The Kier molecular flexibility index (Phi) is 4.50. The molecule has 0 bridgehead atoms. The van der Waals surface area contributed by atoms with Crippen molar-refractivity contribution in [1.82, 2.24) is 10.3 Å². The molecule has 0 spiro atoms. The van der Waals surface area contributed by atoms with Gasteiger partial charge >= 0.3 is 0 Å². The molecule has 4 rings (SSSR count). The molecule has 6 heteroatoms. The zero-order valence-electron chi connectivity index (χ0n) is 13.6. The predicted octanol–water partition coefficient (Wildman–Crippen LogP) is 4.30. The first kappa shape index (κ1) is 16.3. The zero-order valence-corrected chi connectivity index (χ0v) is 15.2. The van der Waals surface area contributed by atoms with Crippen LogP contribution in [0.4, 0.5) is 10.2 Å². The minimum atomic E-state index is -0.233. The Morgan fingerprint density at radius 3 is 3.04 bits per heavy atom. The lowest BCUT2D eigenvalue weighted by Gasteiger charge is -2.21. The number of nitrogens with one attached hydrogen (secondary N) is 1. The molecule has 24 heavy (non-hydrogen) atoms. The standard InChI is InChI=1S/C18H21ClFN3S/c1-11(13-9-14(13)16-4-5-17(19)24-16)22-12-6-8-23(10-12)18-15(20)3-2-7-21-18/h2-5,7,11-14,22H,6,8-10H2,1H3/t11?,12?,13-,14+/m0/s1. The summed E-state index contributed by atoms with van der Waals surface area (Å²) in [7, 11) is 0. The summed E-state index contributed by atoms with van der Waals surface area (Å²) in [5.74, 6) is 1.58. The molecule has 1 aliphatic heterocycles. The van der Waals surface area contributed by atoms with E-state index in [1.165, 1.54) is 17.4 Å². The predicted molar refractivity (Wildman–Crippen MR) is 97.6 cm³/mol. The highest BCUT2D eigenvalue weighted by Crippen LogP contribution is 2.52. The highest BCUT2D eigenvalue weighted by atomic mass is 35.5. The summed E-state index contributed by atoms with van der Waals surface area (Å²) in [6.07, 6.45) is 3.92. The van der Waals surface area contributed by atoms with Gasteiger partial charge in [-0.25, -0.2) is 9.37 Å². The number of hydrogen-bond acceptors (Lipinski definition) is 4. The van der Waals surface area contributed by atoms with Gasteiger partial charge in [-0.3, -0.25) is 0 Å². The number of halogens is 2. The second-order valence-corrected chi connectivity index (χ2v) is 8.59. The quantitative estimate of drug-likeness (QED) is 0.856. The van der Waals surface area contributed by atoms with Crippen LogP contribution in [0.25, 0.3) is 0 Å². The van der Waals surface area contributed by atoms with E-state index in [0.717, 1.165) is 23.8 Å². The Bertz CT molecular complexity index is 722. The van der Waals surface area contributed by atoms with Gasteiger partial charge in [0, 0.05) is 36.2 Å². The average molecular weight is 366 g/mol. The summed E-state index contributed by atoms with van der Waals surface area (Å²) in [5.41, 5.74) is 0. The first-order valence-electron chi connectivity index (χ1n) is 8.48. The first-order valence-corrected chi connectivity index (χ1v) is 9.68. The Morgan fingerprint density at radius 1 is 1.42 bits per heavy atom. The molecular weight excluding hydrogens is 345 g/mol. The second kappa shape index (κ2) is 6.62. The largest absolute Gasteiger partial charge is 0.353 e. The van der Waals surface area contributed by atoms with Crippen molar-refractivity contribution in [2.75, 3.05) is 18.0 Å². The lowest BCUT2D eigenvalue weighted by Crippen LogP contribution is -2.40. The maximum Gasteiger partial charge on any atom is 0.165 e. The monoisotopic (exact) mass is 365 g/mol. The van der Waals surface area contributed by atoms with Crippen LogP contribution in [0, 0.1) is 11.7 Å². The second-order valence-electron chi connectivity index (χ2n) is 6.84. The van der Waals surface area contributed by atoms with Gasteiger partial charge in [-0.05, 0) is 55.9 Å². The number of aromatic nitrogens is 1. The van der Waals surface area contributed by atoms with Crippen LogP contribution in [0.5, 0.6) is 0 Å². The molecule has 0 aromatic carbocycles. The number of thiophene rings is 1. The Hall–Kier alpha value is -1.17. The van der Waals surface area contributed by atoms with Crippen molar-refractivity contribution in [3.63, 3.8) is 0 Å². The molecule has 3 nitrogen and oxygen atoms in total. The number of nitrogens with zero attached hydrogens (tertiary/aromatic N) is 2. The number of rotatable bonds is 5. The fraction of sp³-hybridized carbons (Fsp3) is 0.500. The van der Waals surface area contributed by atoms with Gasteiger partial charge in [0.25, 0.3) is 0 Å². The molecule has 2 aromatic heterocycles. The molecule has 2 aromatic rings. The smallest absolute Gasteiger partial charge is 0.165 e. The van der Waals surface area contributed by atoms with Crippen molar-refractivity contribution in [1.29, 1.82) is 0 Å². The van der Waals surface area contributed by atoms with Crippen LogP contribution in [-0.4, -0.2) is 30.2 Å². The summed E-state index contributed by atoms with van der Waals surface area (Å²) in [6, 6.07) is 8.13. The van der Waals surface area contributed by atoms with E-state index in [2.05, 4.69) is 23.3 Å². The molecule has 1 saturated carbocycles. The lowest BCUT2D eigenvalue weighted by atomic mass is 10.1. The topological polar surface area (TPSA) is 28.2 Å². The number of anilines is 1. The van der Waals surface area contributed by atoms with Gasteiger partial charge in [-0.1, -0.05) is 11.6 Å². The van der Waals surface area contributed by atoms with Crippen molar-refractivity contribution in [3.8, 4) is 0 Å². The first-order chi connectivity index (χ1) is 11.6. The summed E-state index contributed by atoms with van der Waals surface area (Å²) < 4.78 is 14.8. The molecule has 128 valence electrons. The summed E-state index contributed by atoms with van der Waals surface area (Å²) in [4.78, 5) is 7.64. The minimum Gasteiger partial charge on any atom is -0.353 e. The van der Waals surface area contributed by atoms with E-state index in [4.69, 9.17) is 11.6 Å². The average Bonchev–Trinajstić information content (AvgIpc) is 3.04. The normalized spacial score (nSPS) is 27.5. The summed E-state index contributed by atoms with van der Waals surface area (Å²) in [5, 5.41) is 3.75. The summed E-state index contributed by atoms with van der Waals surface area (Å²) in [6.45, 7) is 3.94. The highest BCUT2D eigenvalue weighted by Gasteiger charge is 2.43. The highest BCUT2D eigenvalue weighted by molar-refractivity contribution is 7.16. The number of pyridine rings is 1. The van der Waals surface area contributed by atoms with Crippen LogP contribution < -0.4 is 10.2 Å². The Balaban J connectivity index is 1.32. The van der Waals surface area contributed by atoms with Gasteiger partial charge in [0.2, 0.25) is 0 Å². The van der Waals surface area contributed by atoms with Gasteiger partial charge in [0.05, 0.1) is 4.34 Å². The van der Waals surface area contributed by atoms with Crippen LogP contribution in [0.3, 0.4) is 0 Å². The maximum atomic E-state index is 13.9. The molecular formula is C18H21ClFN3S. The van der Waals surface area contributed by atoms with E-state index in [-0.39, 0.29) is 5.82 Å². The molecule has 4 atom stereocenters. The van der Waals surface area contributed by atoms with Crippen molar-refractivity contribution in [2.24, 2.45) is 5.92 Å². The van der Waals surface area contributed by atoms with Gasteiger partial charge < -0.3 is 10.2 Å². The van der Waals surface area contributed by atoms with E-state index < -0.39 is 0 Å². The Morgan fingerprint density at radius 2 is 2.29 bits per heavy atom. The maximum absolute atomic E-state index is 13.9. The molecule has 1 saturated heterocycles. The number of hydrogen-bond donors (Lipinski definition) is 1. The molecule has 2 aliphatic rings. The fourth-order valence-electron chi connectivity index (χ4n) is 3.82. The van der Waals surface area contributed by atoms with E-state index >= 15 is 0 Å². The van der Waals surface area contributed by atoms with E-state index in [1.54, 1.807) is 23.6 Å². The molecule has 1 aliphatic carbocycles. The van der Waals surface area contributed by atoms with Gasteiger partial charge in [-0.15, -0.1) is 11.3 Å². The Labute approximate surface area is 150 Å². The lowest BCUT2D eigenvalue weighted by molar-refractivity contribution is 0.428. The van der Waals surface area contributed by atoms with Gasteiger partial charge in [0.1, 0.15) is 0 Å². The fourth-order valence-corrected chi connectivity index (χ4v) is 5.07. The third kappa shape index (κ3) is 3.30. The van der Waals surface area contributed by atoms with Gasteiger partial charge in [-0.2, -0.15) is 0 Å². The SMILES string of the molecule is CC(NC1CCN(c2ncccc2F)C1)[C@@H]1C[C@H]1c1ccc(Cl)s1. The summed E-state index contributed by atoms with van der Waals surface area (Å²) >= 11 is 7.75. The van der Waals surface area contributed by atoms with Crippen LogP contribution in [0.15, 0.2) is 30.5 Å². The van der Waals surface area contributed by atoms with Crippen molar-refractivity contribution >= 4 is 28.8 Å². The van der Waals surface area contributed by atoms with Crippen LogP contribution in [-0.2, 0) is 0 Å². The third-order valence-electron chi connectivity index (χ3n) is 5.17. The van der Waals surface area contributed by atoms with Crippen LogP contribution in [0.2, 0.25) is 4.34 Å². The molecule has 0 radical (unpaired) electrons. The van der Waals surface area contributed by atoms with Crippen molar-refractivity contribution < 1.29 is 4.39 Å². The minimum absolute atomic E-state index is 0.233. The van der Waals surface area contributed by atoms with E-state index in [1.807, 2.05) is 11.0 Å². The van der Waals surface area contributed by atoms with E-state index in [0.29, 0.717) is 29.7 Å². The molecule has 1 N–H and O–H groups in total. The van der Waals surface area contributed by atoms with E-state index in [9.17, 15) is 4.39 Å². The zero-order chi connectivity index (χ0) is 16.7. The van der Waals surface area contributed by atoms with Crippen molar-refractivity contribution in [3.05, 3.63) is 45.5 Å². The van der Waals surface area contributed by atoms with Crippen LogP contribution >= 0.6 is 22.9 Å². The molecule has 2 unspecified atom stereocenters. The molecule has 2 fully saturated rings. The molecule has 3 heterocycles. The third-order valence-corrected chi connectivity index (χ3v) is 6.53. The van der Waals surface area contributed by atoms with Crippen LogP contribution in [0.1, 0.15) is 30.6 Å². The molecule has 0 amide bonds. The van der Waals surface area contributed by atoms with Crippen molar-refractivity contribution in [2.45, 2.75) is 37.8 Å².